The maximum Gasteiger partial charge on any atom is 0.327 e. The van der Waals surface area contributed by atoms with Gasteiger partial charge in [0.15, 0.2) is 0 Å². The summed E-state index contributed by atoms with van der Waals surface area (Å²) in [5.41, 5.74) is 10.6. The summed E-state index contributed by atoms with van der Waals surface area (Å²) < 4.78 is 27.1. The van der Waals surface area contributed by atoms with Gasteiger partial charge in [0.1, 0.15) is 34.3 Å². The molecule has 4 aromatic rings. The van der Waals surface area contributed by atoms with E-state index in [9.17, 15) is 14.4 Å². The van der Waals surface area contributed by atoms with Crippen LogP contribution in [0.4, 0.5) is 9.59 Å². The van der Waals surface area contributed by atoms with E-state index in [2.05, 4.69) is 111 Å². The fourth-order valence-electron chi connectivity index (χ4n) is 12.1. The molecular weight excluding hydrogens is 1040 g/mol. The first-order valence-corrected chi connectivity index (χ1v) is 27.9. The number of aryl methyl sites for hydroxylation is 3. The van der Waals surface area contributed by atoms with Gasteiger partial charge in [0.05, 0.1) is 59.5 Å². The normalized spacial score (nSPS) is 18.1. The number of urea groups is 2. The molecule has 0 atom stereocenters. The van der Waals surface area contributed by atoms with Gasteiger partial charge in [-0.25, -0.2) is 9.59 Å². The number of carbonyl (C=O) groups excluding carboxylic acids is 3. The molecule has 0 aliphatic carbocycles. The Morgan fingerprint density at radius 1 is 0.597 bits per heavy atom. The van der Waals surface area contributed by atoms with Gasteiger partial charge in [0, 0.05) is 70.2 Å². The van der Waals surface area contributed by atoms with Crippen LogP contribution in [0.25, 0.3) is 5.57 Å². The van der Waals surface area contributed by atoms with E-state index < -0.39 is 5.54 Å². The van der Waals surface area contributed by atoms with Crippen LogP contribution < -0.4 is 23.7 Å². The van der Waals surface area contributed by atoms with Crippen molar-refractivity contribution in [3.8, 4) is 40.6 Å². The highest BCUT2D eigenvalue weighted by atomic mass is 79.9. The summed E-state index contributed by atoms with van der Waals surface area (Å²) in [6.45, 7) is 21.2. The number of hydrogen-bond donors (Lipinski definition) is 0. The molecule has 0 unspecified atom stereocenters. The third-order valence-electron chi connectivity index (χ3n) is 15.7. The summed E-state index contributed by atoms with van der Waals surface area (Å²) in [4.78, 5) is 53.1. The second-order valence-corrected chi connectivity index (χ2v) is 21.0. The molecule has 0 aromatic heterocycles. The summed E-state index contributed by atoms with van der Waals surface area (Å²) in [5.74, 6) is 9.26. The number of nitrogens with zero attached hydrogens (tertiary/aromatic N) is 6. The molecule has 14 nitrogen and oxygen atoms in total. The largest absolute Gasteiger partial charge is 0.497 e. The second-order valence-electron chi connectivity index (χ2n) is 20.4. The van der Waals surface area contributed by atoms with Crippen molar-refractivity contribution in [3.63, 3.8) is 0 Å². The number of likely N-dealkylation sites (N-methyl/N-ethyl adjacent to an activating group) is 2. The number of allylic oxidation sites excluding steroid dienone is 3. The van der Waals surface area contributed by atoms with Crippen molar-refractivity contribution in [2.75, 3.05) is 80.1 Å². The summed E-state index contributed by atoms with van der Waals surface area (Å²) in [6.07, 6.45) is 7.57. The van der Waals surface area contributed by atoms with Crippen LogP contribution in [0.2, 0.25) is 0 Å². The Hall–Kier alpha value is -6.47. The van der Waals surface area contributed by atoms with Gasteiger partial charge < -0.3 is 33.5 Å². The molecule has 15 heteroatoms. The predicted octanol–water partition coefficient (Wildman–Crippen LogP) is 11.2. The minimum atomic E-state index is -0.775. The minimum Gasteiger partial charge on any atom is -0.497 e. The third kappa shape index (κ3) is 12.5. The number of ether oxygens (including phenoxy) is 5. The highest BCUT2D eigenvalue weighted by molar-refractivity contribution is 9.09. The lowest BCUT2D eigenvalue weighted by molar-refractivity contribution is -0.136. The Labute approximate surface area is 466 Å². The number of piperidine rings is 2. The summed E-state index contributed by atoms with van der Waals surface area (Å²) >= 11 is 3.14. The first-order valence-electron chi connectivity index (χ1n) is 26.8. The molecule has 0 radical (unpaired) electrons. The zero-order chi connectivity index (χ0) is 55.6. The lowest BCUT2D eigenvalue weighted by Crippen LogP contribution is -2.56. The molecule has 2 spiro atoms. The SMILES string of the molecule is CC#CCBr.CC=C1C=C2N(Cc3cc(C)cc(C)c31)C(=O)N(CC)C21CCN(Cc2cc(OC)cc(OC)c2)CC1.CCN1C(=O)N(Cc2cc(C)cc(OC)c2)C(=O)C12CCN(Cc1cc(OC)cc(OC)c1)CC2. The zero-order valence-corrected chi connectivity index (χ0v) is 49.0. The number of alkyl halides is 1. The molecule has 4 aromatic carbocycles. The van der Waals surface area contributed by atoms with Gasteiger partial charge in [-0.15, -0.1) is 5.92 Å². The molecule has 5 aliphatic rings. The monoisotopic (exact) mass is 1110 g/mol. The molecule has 5 aliphatic heterocycles. The maximum atomic E-state index is 13.8. The maximum absolute atomic E-state index is 13.8. The van der Waals surface area contributed by atoms with Gasteiger partial charge in [-0.3, -0.25) is 24.4 Å². The van der Waals surface area contributed by atoms with Crippen LogP contribution in [0.1, 0.15) is 97.9 Å². The van der Waals surface area contributed by atoms with E-state index in [1.54, 1.807) is 40.4 Å². The van der Waals surface area contributed by atoms with Gasteiger partial charge in [-0.1, -0.05) is 51.7 Å². The topological polar surface area (TPSA) is 117 Å². The molecule has 77 heavy (non-hydrogen) atoms. The standard InChI is InChI=1S/C31H39N3O3.C27H35N3O5.C4H5Br/c1-7-24-17-28-31(9-11-32(12-10-31)19-23-15-26(36-5)18-27(16-23)37-6)34(8-2)30(35)33(28)20-25-14-21(3)13-22(4)29(24)25;1-6-30-26(32)29(18-20-11-19(2)12-22(13-20)33-3)25(31)27(30)7-9-28(10-8-27)17-21-14-23(34-4)16-24(15-21)35-5;1-2-3-4-5/h7,13-18H,8-12,19-20H2,1-6H3;11-16H,6-10,17-18H2,1-5H3;4H2,1H3. The lowest BCUT2D eigenvalue weighted by Gasteiger charge is -2.44. The number of halogens is 1. The van der Waals surface area contributed by atoms with Crippen molar-refractivity contribution in [1.29, 1.82) is 0 Å². The van der Waals surface area contributed by atoms with Crippen molar-refractivity contribution in [1.82, 2.24) is 29.4 Å². The van der Waals surface area contributed by atoms with Crippen LogP contribution in [-0.4, -0.2) is 139 Å². The fraction of sp³-hybridized carbons (Fsp3) is 0.468. The van der Waals surface area contributed by atoms with Crippen LogP contribution in [-0.2, 0) is 31.0 Å². The van der Waals surface area contributed by atoms with Crippen LogP contribution in [0.15, 0.2) is 84.6 Å². The minimum absolute atomic E-state index is 0.0903. The van der Waals surface area contributed by atoms with Gasteiger partial charge in [-0.2, -0.15) is 0 Å². The molecule has 0 N–H and O–H groups in total. The fourth-order valence-corrected chi connectivity index (χ4v) is 12.4. The van der Waals surface area contributed by atoms with E-state index >= 15 is 0 Å². The highest BCUT2D eigenvalue weighted by Gasteiger charge is 2.58. The van der Waals surface area contributed by atoms with Gasteiger partial charge in [0.2, 0.25) is 0 Å². The summed E-state index contributed by atoms with van der Waals surface area (Å²) in [5, 5.41) is 0.795. The molecule has 4 saturated heterocycles. The molecule has 4 fully saturated rings. The molecule has 5 heterocycles. The molecular formula is C62H79BrN6O8. The zero-order valence-electron chi connectivity index (χ0n) is 47.4. The number of fused-ring (bicyclic) bond motifs is 3. The number of carbonyl (C=O) groups is 3. The van der Waals surface area contributed by atoms with Crippen LogP contribution in [0.5, 0.6) is 28.7 Å². The molecule has 5 amide bonds. The first-order chi connectivity index (χ1) is 37.1. The van der Waals surface area contributed by atoms with Crippen LogP contribution in [0, 0.1) is 32.6 Å². The average molecular weight is 1120 g/mol. The highest BCUT2D eigenvalue weighted by Crippen LogP contribution is 2.48. The van der Waals surface area contributed by atoms with Gasteiger partial charge in [-0.05, 0) is 161 Å². The van der Waals surface area contributed by atoms with Crippen LogP contribution >= 0.6 is 15.9 Å². The number of rotatable bonds is 13. The molecule has 0 bridgehead atoms. The van der Waals surface area contributed by atoms with E-state index in [4.69, 9.17) is 23.7 Å². The molecule has 0 saturated carbocycles. The average Bonchev–Trinajstić information content (AvgIpc) is 3.95. The molecule has 9 rings (SSSR count). The predicted molar refractivity (Wildman–Crippen MR) is 308 cm³/mol. The Kier molecular flexibility index (Phi) is 19.5. The second kappa shape index (κ2) is 25.8. The number of benzene rings is 4. The Balaban J connectivity index is 0.000000206. The van der Waals surface area contributed by atoms with Crippen molar-refractivity contribution < 1.29 is 38.1 Å². The first kappa shape index (κ1) is 58.2. The third-order valence-corrected chi connectivity index (χ3v) is 16.0. The van der Waals surface area contributed by atoms with E-state index in [0.29, 0.717) is 32.5 Å². The summed E-state index contributed by atoms with van der Waals surface area (Å²) in [7, 11) is 8.28. The van der Waals surface area contributed by atoms with Gasteiger partial charge >= 0.3 is 12.1 Å². The van der Waals surface area contributed by atoms with Crippen molar-refractivity contribution in [2.45, 2.75) is 111 Å². The Morgan fingerprint density at radius 2 is 1.05 bits per heavy atom. The smallest absolute Gasteiger partial charge is 0.327 e. The van der Waals surface area contributed by atoms with Crippen molar-refractivity contribution in [2.24, 2.45) is 0 Å². The van der Waals surface area contributed by atoms with E-state index in [1.165, 1.54) is 44.0 Å². The Bertz CT molecular complexity index is 2860. The quantitative estimate of drug-likeness (QED) is 0.0728. The Morgan fingerprint density at radius 3 is 1.49 bits per heavy atom. The number of likely N-dealkylation sites (tertiary alicyclic amines) is 2. The van der Waals surface area contributed by atoms with Gasteiger partial charge in [0.25, 0.3) is 5.91 Å². The van der Waals surface area contributed by atoms with E-state index in [-0.39, 0.29) is 30.1 Å². The van der Waals surface area contributed by atoms with Crippen molar-refractivity contribution >= 4 is 39.5 Å². The summed E-state index contributed by atoms with van der Waals surface area (Å²) in [6, 6.07) is 22.2. The van der Waals surface area contributed by atoms with E-state index in [1.807, 2.05) is 63.2 Å². The number of methoxy groups -OCH3 is 5. The number of hydrogen-bond acceptors (Lipinski definition) is 10. The molecule has 412 valence electrons. The van der Waals surface area contributed by atoms with E-state index in [0.717, 1.165) is 103 Å². The van der Waals surface area contributed by atoms with Crippen molar-refractivity contribution in [3.05, 3.63) is 129 Å². The number of amides is 5. The number of imide groups is 1. The van der Waals surface area contributed by atoms with Crippen LogP contribution in [0.3, 0.4) is 0 Å². The lowest BCUT2D eigenvalue weighted by atomic mass is 9.82.